The molecular formula is C21H24F3N5O6S. The van der Waals surface area contributed by atoms with Gasteiger partial charge in [0, 0.05) is 25.7 Å². The third kappa shape index (κ3) is 5.22. The number of hydrogen-bond donors (Lipinski definition) is 1. The number of hydrogen-bond acceptors (Lipinski definition) is 9. The predicted molar refractivity (Wildman–Crippen MR) is 116 cm³/mol. The van der Waals surface area contributed by atoms with E-state index in [1.54, 1.807) is 0 Å². The first-order valence-electron chi connectivity index (χ1n) is 11.1. The van der Waals surface area contributed by atoms with Gasteiger partial charge in [0.15, 0.2) is 23.6 Å². The Balaban J connectivity index is 1.47. The van der Waals surface area contributed by atoms with Gasteiger partial charge in [0.05, 0.1) is 18.2 Å². The molecule has 4 rings (SSSR count). The van der Waals surface area contributed by atoms with Crippen molar-refractivity contribution in [2.24, 2.45) is 5.73 Å². The molecule has 0 radical (unpaired) electrons. The highest BCUT2D eigenvalue weighted by atomic mass is 32.2. The molecule has 1 aromatic carbocycles. The van der Waals surface area contributed by atoms with Crippen LogP contribution in [0, 0.1) is 17.5 Å². The molecule has 2 fully saturated rings. The number of likely N-dealkylation sites (tertiary alicyclic amines) is 1. The number of rotatable bonds is 9. The van der Waals surface area contributed by atoms with Crippen LogP contribution in [0.25, 0.3) is 0 Å². The fourth-order valence-electron chi connectivity index (χ4n) is 4.35. The van der Waals surface area contributed by atoms with E-state index in [1.807, 2.05) is 0 Å². The van der Waals surface area contributed by atoms with E-state index in [1.165, 1.54) is 9.21 Å². The molecule has 11 nitrogen and oxygen atoms in total. The van der Waals surface area contributed by atoms with E-state index >= 15 is 0 Å². The van der Waals surface area contributed by atoms with Crippen LogP contribution in [0.15, 0.2) is 16.7 Å². The van der Waals surface area contributed by atoms with Crippen molar-refractivity contribution in [3.63, 3.8) is 0 Å². The van der Waals surface area contributed by atoms with Gasteiger partial charge in [0.2, 0.25) is 15.9 Å². The lowest BCUT2D eigenvalue weighted by Gasteiger charge is -2.35. The van der Waals surface area contributed by atoms with Crippen LogP contribution in [-0.2, 0) is 30.8 Å². The van der Waals surface area contributed by atoms with Crippen molar-refractivity contribution in [3.05, 3.63) is 46.9 Å². The predicted octanol–water partition coefficient (Wildman–Crippen LogP) is 0.621. The topological polar surface area (TPSA) is 149 Å². The van der Waals surface area contributed by atoms with Gasteiger partial charge in [-0.1, -0.05) is 5.16 Å². The molecule has 2 aliphatic rings. The molecule has 2 N–H and O–H groups in total. The van der Waals surface area contributed by atoms with Gasteiger partial charge >= 0.3 is 0 Å². The van der Waals surface area contributed by atoms with Gasteiger partial charge in [-0.25, -0.2) is 25.9 Å². The average molecular weight is 532 g/mol. The Labute approximate surface area is 204 Å². The Kier molecular flexibility index (Phi) is 7.33. The summed E-state index contributed by atoms with van der Waals surface area (Å²) in [6, 6.07) is -0.902. The molecule has 1 aromatic heterocycles. The maximum absolute atomic E-state index is 14.1. The zero-order valence-electron chi connectivity index (χ0n) is 19.1. The molecule has 196 valence electrons. The number of benzene rings is 1. The zero-order chi connectivity index (χ0) is 26.2. The number of ether oxygens (including phenoxy) is 1. The monoisotopic (exact) mass is 531 g/mol. The minimum absolute atomic E-state index is 0.0318. The summed E-state index contributed by atoms with van der Waals surface area (Å²) in [5, 5.41) is 3.92. The van der Waals surface area contributed by atoms with Crippen molar-refractivity contribution in [3.8, 4) is 0 Å². The molecule has 3 atom stereocenters. The highest BCUT2D eigenvalue weighted by Crippen LogP contribution is 2.34. The second-order valence-corrected chi connectivity index (χ2v) is 10.8. The maximum atomic E-state index is 14.1. The van der Waals surface area contributed by atoms with Crippen LogP contribution in [0.4, 0.5) is 13.2 Å². The van der Waals surface area contributed by atoms with Crippen LogP contribution in [-0.4, -0.2) is 78.2 Å². The van der Waals surface area contributed by atoms with Crippen LogP contribution in [0.5, 0.6) is 0 Å². The van der Waals surface area contributed by atoms with E-state index in [0.29, 0.717) is 30.8 Å². The Hall–Kier alpha value is -3.04. The Morgan fingerprint density at radius 2 is 1.97 bits per heavy atom. The molecule has 2 saturated heterocycles. The van der Waals surface area contributed by atoms with Crippen molar-refractivity contribution in [2.75, 3.05) is 25.9 Å². The first kappa shape index (κ1) is 26.0. The molecule has 3 heterocycles. The van der Waals surface area contributed by atoms with E-state index in [2.05, 4.69) is 10.1 Å². The molecular weight excluding hydrogens is 507 g/mol. The smallest absolute Gasteiger partial charge is 0.293 e. The van der Waals surface area contributed by atoms with Crippen molar-refractivity contribution < 1.29 is 40.4 Å². The number of amides is 1. The zero-order valence-corrected chi connectivity index (χ0v) is 20.0. The molecule has 36 heavy (non-hydrogen) atoms. The Morgan fingerprint density at radius 1 is 1.28 bits per heavy atom. The van der Waals surface area contributed by atoms with Gasteiger partial charge in [0.1, 0.15) is 11.9 Å². The van der Waals surface area contributed by atoms with Crippen LogP contribution < -0.4 is 5.73 Å². The largest absolute Gasteiger partial charge is 0.453 e. The third-order valence-corrected chi connectivity index (χ3v) is 7.58. The minimum atomic E-state index is -3.31. The first-order chi connectivity index (χ1) is 17.0. The molecule has 0 bridgehead atoms. The molecule has 15 heteroatoms. The highest BCUT2D eigenvalue weighted by Gasteiger charge is 2.42. The molecule has 0 spiro atoms. The Bertz CT molecular complexity index is 1250. The standard InChI is InChI=1S/C21H24F3N5O6S/c1-36(32,33)28-8-12(9-28)19-26-20(35-27-19)17-3-2-4-29(17)21(31)18(34-10-30)16(25)6-11-5-14(23)15(24)7-13(11)22/h5,7,10,12,16-18H,2-4,6,8-9,25H2,1H3/t16-,17+,18?/m1/s1. The van der Waals surface area contributed by atoms with Crippen LogP contribution >= 0.6 is 0 Å². The highest BCUT2D eigenvalue weighted by molar-refractivity contribution is 7.88. The summed E-state index contributed by atoms with van der Waals surface area (Å²) in [5.74, 6) is -4.18. The van der Waals surface area contributed by atoms with E-state index < -0.39 is 58.0 Å². The maximum Gasteiger partial charge on any atom is 0.293 e. The summed E-state index contributed by atoms with van der Waals surface area (Å²) in [5.41, 5.74) is 5.76. The number of sulfonamides is 1. The normalized spacial score (nSPS) is 20.7. The fraction of sp³-hybridized carbons (Fsp3) is 0.524. The number of carbonyl (C=O) groups excluding carboxylic acids is 2. The molecule has 2 aromatic rings. The van der Waals surface area contributed by atoms with E-state index in [0.717, 1.165) is 6.26 Å². The summed E-state index contributed by atoms with van der Waals surface area (Å²) in [6.45, 7) is 0.729. The van der Waals surface area contributed by atoms with Crippen molar-refractivity contribution in [1.29, 1.82) is 0 Å². The Morgan fingerprint density at radius 3 is 2.64 bits per heavy atom. The van der Waals surface area contributed by atoms with E-state index in [4.69, 9.17) is 15.0 Å². The van der Waals surface area contributed by atoms with Gasteiger partial charge in [0.25, 0.3) is 12.4 Å². The third-order valence-electron chi connectivity index (χ3n) is 6.34. The fourth-order valence-corrected chi connectivity index (χ4v) is 5.26. The number of carbonyl (C=O) groups is 2. The number of halogens is 3. The van der Waals surface area contributed by atoms with Crippen LogP contribution in [0.1, 0.15) is 42.1 Å². The first-order valence-corrected chi connectivity index (χ1v) is 12.9. The van der Waals surface area contributed by atoms with Crippen molar-refractivity contribution in [1.82, 2.24) is 19.3 Å². The van der Waals surface area contributed by atoms with Crippen LogP contribution in [0.3, 0.4) is 0 Å². The molecule has 0 saturated carbocycles. The summed E-state index contributed by atoms with van der Waals surface area (Å²) < 4.78 is 75.6. The van der Waals surface area contributed by atoms with E-state index in [9.17, 15) is 31.2 Å². The SMILES string of the molecule is CS(=O)(=O)N1CC(c2noc([C@@H]3CCCN3C(=O)C(OC=O)[C@H](N)Cc3cc(F)c(F)cc3F)n2)C1. The van der Waals surface area contributed by atoms with Gasteiger partial charge in [-0.2, -0.15) is 4.98 Å². The van der Waals surface area contributed by atoms with Gasteiger partial charge in [-0.3, -0.25) is 9.59 Å². The summed E-state index contributed by atoms with van der Waals surface area (Å²) in [7, 11) is -3.31. The summed E-state index contributed by atoms with van der Waals surface area (Å²) >= 11 is 0. The van der Waals surface area contributed by atoms with Gasteiger partial charge in [-0.05, 0) is 30.9 Å². The lowest BCUT2D eigenvalue weighted by Crippen LogP contribution is -2.50. The number of nitrogens with two attached hydrogens (primary N) is 1. The lowest BCUT2D eigenvalue weighted by molar-refractivity contribution is -0.154. The second-order valence-electron chi connectivity index (χ2n) is 8.84. The van der Waals surface area contributed by atoms with Crippen molar-refractivity contribution in [2.45, 2.75) is 43.4 Å². The minimum Gasteiger partial charge on any atom is -0.453 e. The van der Waals surface area contributed by atoms with Gasteiger partial charge in [-0.15, -0.1) is 0 Å². The molecule has 1 unspecified atom stereocenters. The average Bonchev–Trinajstić information content (AvgIpc) is 3.43. The molecule has 0 aliphatic carbocycles. The number of aromatic nitrogens is 2. The quantitative estimate of drug-likeness (QED) is 0.363. The number of nitrogens with zero attached hydrogens (tertiary/aromatic N) is 4. The molecule has 2 aliphatic heterocycles. The van der Waals surface area contributed by atoms with Crippen molar-refractivity contribution >= 4 is 22.4 Å². The summed E-state index contributed by atoms with van der Waals surface area (Å²) in [6.07, 6.45) is 0.202. The second kappa shape index (κ2) is 10.1. The lowest BCUT2D eigenvalue weighted by atomic mass is 10.00. The molecule has 1 amide bonds. The summed E-state index contributed by atoms with van der Waals surface area (Å²) in [4.78, 5) is 30.1. The van der Waals surface area contributed by atoms with E-state index in [-0.39, 0.29) is 43.5 Å². The van der Waals surface area contributed by atoms with Gasteiger partial charge < -0.3 is 19.9 Å². The van der Waals surface area contributed by atoms with Crippen LogP contribution in [0.2, 0.25) is 0 Å².